The predicted octanol–water partition coefficient (Wildman–Crippen LogP) is 1.75. The molecule has 0 aromatic heterocycles. The van der Waals surface area contributed by atoms with E-state index in [-0.39, 0.29) is 37.1 Å². The Morgan fingerprint density at radius 1 is 1.02 bits per heavy atom. The summed E-state index contributed by atoms with van der Waals surface area (Å²) in [5, 5.41) is 17.2. The van der Waals surface area contributed by atoms with Crippen molar-refractivity contribution in [2.45, 2.75) is 63.1 Å². The first kappa shape index (κ1) is 31.7. The molecule has 2 amide bonds. The standard InChI is InChI=1S/C30H42N4O7S/c1-30(2,3)28(32-27(36)19-34-14-8-9-15-34)29(37)31-23(16-21-10-6-5-7-11-21)24(35)18-33(4)42(38,39)22-12-13-25-26(17-22)41-20-40-25/h5-7,10-13,17,23-24,28,35H,8-9,14-16,18-20H2,1-4H3,(H,31,37)(H,32,36)/t23-,24+,28+/m0/s1. The lowest BCUT2D eigenvalue weighted by Gasteiger charge is -2.34. The van der Waals surface area contributed by atoms with Gasteiger partial charge in [-0.2, -0.15) is 4.31 Å². The largest absolute Gasteiger partial charge is 0.454 e. The Bertz CT molecular complexity index is 1340. The first-order valence-corrected chi connectivity index (χ1v) is 15.7. The molecule has 1 fully saturated rings. The molecule has 0 aliphatic carbocycles. The zero-order chi connectivity index (χ0) is 30.5. The van der Waals surface area contributed by atoms with Crippen molar-refractivity contribution >= 4 is 21.8 Å². The van der Waals surface area contributed by atoms with E-state index < -0.39 is 39.5 Å². The summed E-state index contributed by atoms with van der Waals surface area (Å²) in [5.74, 6) is 0.114. The number of nitrogens with one attached hydrogen (secondary N) is 2. The molecule has 2 aromatic carbocycles. The number of carbonyl (C=O) groups is 2. The highest BCUT2D eigenvalue weighted by molar-refractivity contribution is 7.89. The van der Waals surface area contributed by atoms with Gasteiger partial charge in [-0.05, 0) is 55.5 Å². The molecule has 0 spiro atoms. The van der Waals surface area contributed by atoms with Gasteiger partial charge < -0.3 is 25.2 Å². The molecule has 1 saturated heterocycles. The van der Waals surface area contributed by atoms with Gasteiger partial charge in [0.25, 0.3) is 0 Å². The van der Waals surface area contributed by atoms with E-state index in [0.717, 1.165) is 35.8 Å². The number of hydrogen-bond donors (Lipinski definition) is 3. The Morgan fingerprint density at radius 3 is 2.36 bits per heavy atom. The van der Waals surface area contributed by atoms with Crippen molar-refractivity contribution in [1.82, 2.24) is 19.8 Å². The average Bonchev–Trinajstić information content (AvgIpc) is 3.62. The maximum absolute atomic E-state index is 13.7. The summed E-state index contributed by atoms with van der Waals surface area (Å²) in [4.78, 5) is 28.6. The van der Waals surface area contributed by atoms with E-state index in [9.17, 15) is 23.1 Å². The van der Waals surface area contributed by atoms with Crippen LogP contribution in [0.5, 0.6) is 11.5 Å². The molecule has 0 bridgehead atoms. The summed E-state index contributed by atoms with van der Waals surface area (Å²) in [6.07, 6.45) is 1.09. The van der Waals surface area contributed by atoms with Gasteiger partial charge in [0.1, 0.15) is 6.04 Å². The smallest absolute Gasteiger partial charge is 0.243 e. The molecular formula is C30H42N4O7S. The third-order valence-corrected chi connectivity index (χ3v) is 9.41. The number of hydrogen-bond acceptors (Lipinski definition) is 8. The van der Waals surface area contributed by atoms with Gasteiger partial charge >= 0.3 is 0 Å². The molecule has 0 saturated carbocycles. The lowest BCUT2D eigenvalue weighted by Crippen LogP contribution is -2.59. The van der Waals surface area contributed by atoms with Crippen LogP contribution in [0.1, 0.15) is 39.2 Å². The van der Waals surface area contributed by atoms with Crippen LogP contribution in [-0.2, 0) is 26.0 Å². The molecule has 2 aliphatic rings. The van der Waals surface area contributed by atoms with Crippen LogP contribution >= 0.6 is 0 Å². The molecular weight excluding hydrogens is 560 g/mol. The zero-order valence-electron chi connectivity index (χ0n) is 24.7. The fraction of sp³-hybridized carbons (Fsp3) is 0.533. The van der Waals surface area contributed by atoms with Crippen LogP contribution in [-0.4, -0.2) is 92.8 Å². The fourth-order valence-electron chi connectivity index (χ4n) is 5.15. The molecule has 3 N–H and O–H groups in total. The lowest BCUT2D eigenvalue weighted by atomic mass is 9.85. The Hall–Kier alpha value is -3.19. The fourth-order valence-corrected chi connectivity index (χ4v) is 6.35. The Labute approximate surface area is 248 Å². The van der Waals surface area contributed by atoms with E-state index >= 15 is 0 Å². The van der Waals surface area contributed by atoms with E-state index in [4.69, 9.17) is 9.47 Å². The minimum absolute atomic E-state index is 0.00129. The first-order chi connectivity index (χ1) is 19.8. The van der Waals surface area contributed by atoms with Gasteiger partial charge in [-0.3, -0.25) is 14.5 Å². The highest BCUT2D eigenvalue weighted by Gasteiger charge is 2.36. The molecule has 12 heteroatoms. The van der Waals surface area contributed by atoms with Crippen LogP contribution in [0, 0.1) is 5.41 Å². The van der Waals surface area contributed by atoms with Gasteiger partial charge in [-0.25, -0.2) is 8.42 Å². The van der Waals surface area contributed by atoms with Crippen LogP contribution in [0.25, 0.3) is 0 Å². The SMILES string of the molecule is CN(C[C@@H](O)[C@H](Cc1ccccc1)NC(=O)[C@@H](NC(=O)CN1CCCC1)C(C)(C)C)S(=O)(=O)c1ccc2c(c1)OCO2. The van der Waals surface area contributed by atoms with Crippen molar-refractivity contribution < 1.29 is 32.6 Å². The van der Waals surface area contributed by atoms with Crippen molar-refractivity contribution in [2.24, 2.45) is 5.41 Å². The second kappa shape index (κ2) is 13.4. The van der Waals surface area contributed by atoms with Gasteiger partial charge in [0.05, 0.1) is 23.6 Å². The number of carbonyl (C=O) groups excluding carboxylic acids is 2. The molecule has 0 radical (unpaired) electrons. The highest BCUT2D eigenvalue weighted by atomic mass is 32.2. The lowest BCUT2D eigenvalue weighted by molar-refractivity contribution is -0.133. The summed E-state index contributed by atoms with van der Waals surface area (Å²) in [7, 11) is -2.62. The molecule has 0 unspecified atom stereocenters. The van der Waals surface area contributed by atoms with Gasteiger partial charge in [0.15, 0.2) is 11.5 Å². The summed E-state index contributed by atoms with van der Waals surface area (Å²) >= 11 is 0. The van der Waals surface area contributed by atoms with E-state index in [1.54, 1.807) is 0 Å². The second-order valence-corrected chi connectivity index (χ2v) is 14.1. The van der Waals surface area contributed by atoms with Crippen molar-refractivity contribution in [3.05, 3.63) is 54.1 Å². The number of amides is 2. The summed E-state index contributed by atoms with van der Waals surface area (Å²) in [6.45, 7) is 7.25. The molecule has 42 heavy (non-hydrogen) atoms. The van der Waals surface area contributed by atoms with Crippen LogP contribution in [0.4, 0.5) is 0 Å². The van der Waals surface area contributed by atoms with Gasteiger partial charge in [-0.15, -0.1) is 0 Å². The first-order valence-electron chi connectivity index (χ1n) is 14.2. The number of likely N-dealkylation sites (tertiary alicyclic amines) is 1. The number of fused-ring (bicyclic) bond motifs is 1. The van der Waals surface area contributed by atoms with E-state index in [2.05, 4.69) is 15.5 Å². The molecule has 2 heterocycles. The number of nitrogens with zero attached hydrogens (tertiary/aromatic N) is 2. The number of sulfonamides is 1. The number of aliphatic hydroxyl groups excluding tert-OH is 1. The van der Waals surface area contributed by atoms with Gasteiger partial charge in [-0.1, -0.05) is 51.1 Å². The van der Waals surface area contributed by atoms with Crippen molar-refractivity contribution in [3.8, 4) is 11.5 Å². The molecule has 11 nitrogen and oxygen atoms in total. The van der Waals surface area contributed by atoms with Crippen LogP contribution in [0.2, 0.25) is 0 Å². The summed E-state index contributed by atoms with van der Waals surface area (Å²) < 4.78 is 38.4. The Kier molecular flexibility index (Phi) is 10.1. The van der Waals surface area contributed by atoms with E-state index in [1.807, 2.05) is 51.1 Å². The van der Waals surface area contributed by atoms with Crippen LogP contribution in [0.15, 0.2) is 53.4 Å². The minimum atomic E-state index is -3.99. The van der Waals surface area contributed by atoms with Crippen molar-refractivity contribution in [3.63, 3.8) is 0 Å². The van der Waals surface area contributed by atoms with Crippen molar-refractivity contribution in [1.29, 1.82) is 0 Å². The monoisotopic (exact) mass is 602 g/mol. The molecule has 2 aromatic rings. The van der Waals surface area contributed by atoms with Gasteiger partial charge in [0.2, 0.25) is 28.6 Å². The maximum atomic E-state index is 13.7. The number of benzene rings is 2. The zero-order valence-corrected chi connectivity index (χ0v) is 25.5. The van der Waals surface area contributed by atoms with Crippen molar-refractivity contribution in [2.75, 3.05) is 40.0 Å². The van der Waals surface area contributed by atoms with E-state index in [0.29, 0.717) is 11.5 Å². The maximum Gasteiger partial charge on any atom is 0.243 e. The topological polar surface area (TPSA) is 138 Å². The normalized spacial score (nSPS) is 17.6. The Morgan fingerprint density at radius 2 is 1.69 bits per heavy atom. The number of rotatable bonds is 12. The minimum Gasteiger partial charge on any atom is -0.454 e. The number of aliphatic hydroxyl groups is 1. The third kappa shape index (κ3) is 8.00. The van der Waals surface area contributed by atoms with Crippen LogP contribution in [0.3, 0.4) is 0 Å². The Balaban J connectivity index is 1.49. The second-order valence-electron chi connectivity index (χ2n) is 12.0. The van der Waals surface area contributed by atoms with E-state index in [1.165, 1.54) is 25.2 Å². The highest BCUT2D eigenvalue weighted by Crippen LogP contribution is 2.34. The van der Waals surface area contributed by atoms with Crippen LogP contribution < -0.4 is 20.1 Å². The summed E-state index contributed by atoms with van der Waals surface area (Å²) in [6, 6.07) is 12.0. The molecule has 3 atom stereocenters. The van der Waals surface area contributed by atoms with Gasteiger partial charge in [0, 0.05) is 19.7 Å². The average molecular weight is 603 g/mol. The number of likely N-dealkylation sites (N-methyl/N-ethyl adjacent to an activating group) is 1. The summed E-state index contributed by atoms with van der Waals surface area (Å²) in [5.41, 5.74) is 0.237. The molecule has 4 rings (SSSR count). The molecule has 2 aliphatic heterocycles. The quantitative estimate of drug-likeness (QED) is 0.334. The third-order valence-electron chi connectivity index (χ3n) is 7.59. The predicted molar refractivity (Wildman–Crippen MR) is 158 cm³/mol. The number of ether oxygens (including phenoxy) is 2. The molecule has 230 valence electrons.